The van der Waals surface area contributed by atoms with Crippen LogP contribution in [0.4, 0.5) is 0 Å². The number of rotatable bonds is 5. The molecule has 0 saturated carbocycles. The van der Waals surface area contributed by atoms with Gasteiger partial charge in [-0.1, -0.05) is 0 Å². The summed E-state index contributed by atoms with van der Waals surface area (Å²) < 4.78 is 28.5. The van der Waals surface area contributed by atoms with Crippen LogP contribution in [0.15, 0.2) is 0 Å². The summed E-state index contributed by atoms with van der Waals surface area (Å²) in [6.45, 7) is 4.50. The average Bonchev–Trinajstić information content (AvgIpc) is 2.64. The summed E-state index contributed by atoms with van der Waals surface area (Å²) in [5, 5.41) is 8.94. The molecule has 1 atom stereocenters. The summed E-state index contributed by atoms with van der Waals surface area (Å²) >= 11 is 0. The number of hydrogen-bond acceptors (Lipinski definition) is 4. The number of ether oxygens (including phenoxy) is 1. The van der Waals surface area contributed by atoms with Crippen molar-refractivity contribution in [1.29, 1.82) is 0 Å². The summed E-state index contributed by atoms with van der Waals surface area (Å²) in [7, 11) is -3.00. The van der Waals surface area contributed by atoms with Crippen molar-refractivity contribution in [2.75, 3.05) is 25.6 Å². The molecule has 1 heterocycles. The van der Waals surface area contributed by atoms with Crippen LogP contribution in [0.25, 0.3) is 0 Å². The van der Waals surface area contributed by atoms with Gasteiger partial charge in [-0.2, -0.15) is 0 Å². The highest BCUT2D eigenvalue weighted by Crippen LogP contribution is 2.32. The first-order valence-corrected chi connectivity index (χ1v) is 7.04. The third kappa shape index (κ3) is 3.16. The van der Waals surface area contributed by atoms with E-state index < -0.39 is 9.84 Å². The molecule has 15 heavy (non-hydrogen) atoms. The lowest BCUT2D eigenvalue weighted by Gasteiger charge is -2.24. The zero-order valence-electron chi connectivity index (χ0n) is 9.40. The molecule has 0 spiro atoms. The number of aliphatic hydroxyl groups is 1. The van der Waals surface area contributed by atoms with E-state index in [2.05, 4.69) is 0 Å². The molecule has 0 bridgehead atoms. The highest BCUT2D eigenvalue weighted by Gasteiger charge is 2.35. The quantitative estimate of drug-likeness (QED) is 0.759. The molecule has 1 aliphatic rings. The molecule has 1 rings (SSSR count). The second kappa shape index (κ2) is 4.80. The van der Waals surface area contributed by atoms with Crippen LogP contribution in [-0.4, -0.2) is 44.3 Å². The van der Waals surface area contributed by atoms with Crippen LogP contribution in [0.3, 0.4) is 0 Å². The predicted octanol–water partition coefficient (Wildman–Crippen LogP) is 0.599. The molecule has 0 aliphatic carbocycles. The van der Waals surface area contributed by atoms with Crippen LogP contribution in [0.1, 0.15) is 26.7 Å². The summed E-state index contributed by atoms with van der Waals surface area (Å²) in [5.74, 6) is 0.147. The van der Waals surface area contributed by atoms with Crippen LogP contribution in [0.2, 0.25) is 0 Å². The normalized spacial score (nSPS) is 27.5. The summed E-state index contributed by atoms with van der Waals surface area (Å²) in [6.07, 6.45) is 1.27. The van der Waals surface area contributed by atoms with E-state index >= 15 is 0 Å². The van der Waals surface area contributed by atoms with E-state index in [1.165, 1.54) is 0 Å². The van der Waals surface area contributed by atoms with Gasteiger partial charge in [0.05, 0.1) is 24.2 Å². The van der Waals surface area contributed by atoms with Crippen LogP contribution in [0, 0.1) is 5.41 Å². The van der Waals surface area contributed by atoms with Crippen molar-refractivity contribution in [3.05, 3.63) is 0 Å². The Morgan fingerprint density at radius 2 is 2.13 bits per heavy atom. The fourth-order valence-corrected chi connectivity index (χ4v) is 2.83. The number of aliphatic hydroxyl groups excluding tert-OH is 1. The summed E-state index contributed by atoms with van der Waals surface area (Å²) in [5.41, 5.74) is -0.317. The molecule has 0 amide bonds. The van der Waals surface area contributed by atoms with E-state index in [0.29, 0.717) is 19.6 Å². The first-order valence-electron chi connectivity index (χ1n) is 5.32. The zero-order chi connectivity index (χ0) is 11.5. The van der Waals surface area contributed by atoms with Crippen molar-refractivity contribution < 1.29 is 18.3 Å². The minimum atomic E-state index is -3.00. The molecule has 0 aromatic carbocycles. The Balaban J connectivity index is 2.55. The lowest BCUT2D eigenvalue weighted by atomic mass is 9.86. The molecular formula is C10H20O4S. The molecule has 1 saturated heterocycles. The molecule has 1 fully saturated rings. The minimum Gasteiger partial charge on any atom is -0.396 e. The topological polar surface area (TPSA) is 63.6 Å². The lowest BCUT2D eigenvalue weighted by Crippen LogP contribution is -2.30. The average molecular weight is 236 g/mol. The van der Waals surface area contributed by atoms with Gasteiger partial charge >= 0.3 is 0 Å². The van der Waals surface area contributed by atoms with E-state index in [-0.39, 0.29) is 23.0 Å². The fraction of sp³-hybridized carbons (Fsp3) is 1.00. The highest BCUT2D eigenvalue weighted by atomic mass is 32.2. The minimum absolute atomic E-state index is 0.0145. The van der Waals surface area contributed by atoms with Gasteiger partial charge in [-0.05, 0) is 26.7 Å². The zero-order valence-corrected chi connectivity index (χ0v) is 10.2. The van der Waals surface area contributed by atoms with E-state index in [9.17, 15) is 13.5 Å². The third-order valence-corrected chi connectivity index (χ3v) is 5.37. The Morgan fingerprint density at radius 3 is 2.53 bits per heavy atom. The van der Waals surface area contributed by atoms with Gasteiger partial charge in [0.2, 0.25) is 0 Å². The van der Waals surface area contributed by atoms with Crippen molar-refractivity contribution in [1.82, 2.24) is 0 Å². The van der Waals surface area contributed by atoms with Gasteiger partial charge in [0.25, 0.3) is 0 Å². The Bertz CT molecular complexity index is 289. The van der Waals surface area contributed by atoms with Gasteiger partial charge in [-0.25, -0.2) is 8.42 Å². The molecular weight excluding hydrogens is 216 g/mol. The molecule has 0 aromatic rings. The monoisotopic (exact) mass is 236 g/mol. The predicted molar refractivity (Wildman–Crippen MR) is 58.5 cm³/mol. The molecule has 1 unspecified atom stereocenters. The van der Waals surface area contributed by atoms with Crippen molar-refractivity contribution in [3.8, 4) is 0 Å². The maximum absolute atomic E-state index is 11.6. The maximum atomic E-state index is 11.6. The van der Waals surface area contributed by atoms with Crippen LogP contribution >= 0.6 is 0 Å². The van der Waals surface area contributed by atoms with Crippen molar-refractivity contribution in [3.63, 3.8) is 0 Å². The summed E-state index contributed by atoms with van der Waals surface area (Å²) in [6, 6.07) is 0. The fourth-order valence-electron chi connectivity index (χ4n) is 1.64. The Morgan fingerprint density at radius 1 is 1.47 bits per heavy atom. The maximum Gasteiger partial charge on any atom is 0.152 e. The van der Waals surface area contributed by atoms with Gasteiger partial charge < -0.3 is 9.84 Å². The summed E-state index contributed by atoms with van der Waals surface area (Å²) in [4.78, 5) is 0. The van der Waals surface area contributed by atoms with E-state index in [1.807, 2.05) is 0 Å². The molecule has 0 radical (unpaired) electrons. The van der Waals surface area contributed by atoms with E-state index in [0.717, 1.165) is 6.42 Å². The van der Waals surface area contributed by atoms with Crippen molar-refractivity contribution in [2.45, 2.75) is 31.9 Å². The number of hydrogen-bond donors (Lipinski definition) is 1. The number of sulfone groups is 1. The van der Waals surface area contributed by atoms with Crippen LogP contribution in [0.5, 0.6) is 0 Å². The standard InChI is InChI=1S/C10H20O4S/c1-9(2)15(12,13)6-4-10(7-11)3-5-14-8-10/h9,11H,3-8H2,1-2H3. The smallest absolute Gasteiger partial charge is 0.152 e. The molecule has 90 valence electrons. The van der Waals surface area contributed by atoms with Crippen LogP contribution in [-0.2, 0) is 14.6 Å². The van der Waals surface area contributed by atoms with Gasteiger partial charge in [0, 0.05) is 12.0 Å². The SMILES string of the molecule is CC(C)S(=O)(=O)CCC1(CO)CCOC1. The molecule has 5 heteroatoms. The second-order valence-corrected chi connectivity index (χ2v) is 7.30. The first-order chi connectivity index (χ1) is 6.92. The van der Waals surface area contributed by atoms with Crippen molar-refractivity contribution in [2.24, 2.45) is 5.41 Å². The van der Waals surface area contributed by atoms with Gasteiger partial charge in [-0.3, -0.25) is 0 Å². The van der Waals surface area contributed by atoms with Crippen molar-refractivity contribution >= 4 is 9.84 Å². The van der Waals surface area contributed by atoms with Gasteiger partial charge in [0.15, 0.2) is 9.84 Å². The van der Waals surface area contributed by atoms with E-state index in [1.54, 1.807) is 13.8 Å². The molecule has 1 aliphatic heterocycles. The highest BCUT2D eigenvalue weighted by molar-refractivity contribution is 7.91. The lowest BCUT2D eigenvalue weighted by molar-refractivity contribution is 0.0910. The Hall–Kier alpha value is -0.130. The molecule has 0 aromatic heterocycles. The molecule has 4 nitrogen and oxygen atoms in total. The van der Waals surface area contributed by atoms with Gasteiger partial charge in [-0.15, -0.1) is 0 Å². The first kappa shape index (κ1) is 12.9. The van der Waals surface area contributed by atoms with Crippen LogP contribution < -0.4 is 0 Å². The Labute approximate surface area is 91.6 Å². The molecule has 1 N–H and O–H groups in total. The third-order valence-electron chi connectivity index (χ3n) is 3.16. The van der Waals surface area contributed by atoms with Gasteiger partial charge in [0.1, 0.15) is 0 Å². The Kier molecular flexibility index (Phi) is 4.14. The largest absolute Gasteiger partial charge is 0.396 e. The second-order valence-electron chi connectivity index (χ2n) is 4.63. The van der Waals surface area contributed by atoms with E-state index in [4.69, 9.17) is 4.74 Å².